The van der Waals surface area contributed by atoms with Crippen molar-refractivity contribution in [2.24, 2.45) is 0 Å². The van der Waals surface area contributed by atoms with E-state index in [9.17, 15) is 23.2 Å². The Morgan fingerprint density at radius 3 is 2.70 bits per heavy atom. The molecule has 0 aliphatic rings. The summed E-state index contributed by atoms with van der Waals surface area (Å²) in [5.74, 6) is 0.0802. The Kier molecular flexibility index (Phi) is 5.13. The van der Waals surface area contributed by atoms with E-state index in [0.717, 1.165) is 17.8 Å². The van der Waals surface area contributed by atoms with Gasteiger partial charge in [-0.3, -0.25) is 9.20 Å². The first-order valence-electron chi connectivity index (χ1n) is 7.48. The number of halogens is 4. The van der Waals surface area contributed by atoms with Crippen molar-refractivity contribution in [3.63, 3.8) is 0 Å². The highest BCUT2D eigenvalue weighted by Crippen LogP contribution is 2.33. The number of hydrogen-bond acceptors (Lipinski definition) is 5. The minimum atomic E-state index is -4.62. The van der Waals surface area contributed by atoms with Crippen molar-refractivity contribution in [3.05, 3.63) is 68.4 Å². The number of aryl methyl sites for hydroxylation is 1. The minimum absolute atomic E-state index is 0.0528. The molecule has 0 bridgehead atoms. The number of nitrogens with zero attached hydrogens (tertiary/aromatic N) is 4. The lowest BCUT2D eigenvalue weighted by Gasteiger charge is -2.11. The molecule has 0 saturated heterocycles. The molecule has 0 saturated carbocycles. The van der Waals surface area contributed by atoms with Gasteiger partial charge in [-0.25, -0.2) is 9.97 Å². The van der Waals surface area contributed by atoms with Gasteiger partial charge in [-0.05, 0) is 30.7 Å². The summed E-state index contributed by atoms with van der Waals surface area (Å²) >= 11 is 6.77. The average molecular weight is 411 g/mol. The van der Waals surface area contributed by atoms with E-state index >= 15 is 0 Å². The van der Waals surface area contributed by atoms with E-state index < -0.39 is 11.9 Å². The van der Waals surface area contributed by atoms with Crippen LogP contribution in [-0.2, 0) is 11.9 Å². The van der Waals surface area contributed by atoms with Crippen LogP contribution in [-0.4, -0.2) is 14.4 Å². The third-order valence-electron chi connectivity index (χ3n) is 3.62. The summed E-state index contributed by atoms with van der Waals surface area (Å²) in [5, 5.41) is 9.55. The number of nitriles is 1. The van der Waals surface area contributed by atoms with Crippen molar-refractivity contribution in [1.82, 2.24) is 14.4 Å². The molecule has 0 spiro atoms. The van der Waals surface area contributed by atoms with Crippen LogP contribution in [0.2, 0.25) is 5.02 Å². The van der Waals surface area contributed by atoms with E-state index in [4.69, 9.17) is 11.6 Å². The van der Waals surface area contributed by atoms with Gasteiger partial charge >= 0.3 is 6.18 Å². The predicted molar refractivity (Wildman–Crippen MR) is 94.7 cm³/mol. The Labute approximate surface area is 160 Å². The van der Waals surface area contributed by atoms with Crippen molar-refractivity contribution in [1.29, 1.82) is 5.26 Å². The normalized spacial score (nSPS) is 11.6. The second kappa shape index (κ2) is 7.21. The largest absolute Gasteiger partial charge is 0.433 e. The van der Waals surface area contributed by atoms with E-state index in [1.165, 1.54) is 23.6 Å². The van der Waals surface area contributed by atoms with Gasteiger partial charge in [0.25, 0.3) is 5.56 Å². The Balaban J connectivity index is 1.96. The van der Waals surface area contributed by atoms with Gasteiger partial charge in [0, 0.05) is 18.0 Å². The molecule has 27 heavy (non-hydrogen) atoms. The van der Waals surface area contributed by atoms with Crippen LogP contribution in [0.25, 0.3) is 5.65 Å². The van der Waals surface area contributed by atoms with Crippen molar-refractivity contribution in [3.8, 4) is 6.07 Å². The van der Waals surface area contributed by atoms with E-state index in [0.29, 0.717) is 16.4 Å². The molecule has 0 atom stereocenters. The number of aromatic nitrogens is 3. The Morgan fingerprint density at radius 1 is 1.30 bits per heavy atom. The zero-order valence-electron chi connectivity index (χ0n) is 13.7. The number of hydrogen-bond donors (Lipinski definition) is 0. The first-order valence-corrected chi connectivity index (χ1v) is 8.85. The summed E-state index contributed by atoms with van der Waals surface area (Å²) in [6.45, 7) is 1.42. The number of thioether (sulfide) groups is 1. The van der Waals surface area contributed by atoms with Gasteiger partial charge in [-0.1, -0.05) is 23.4 Å². The molecule has 138 valence electrons. The monoisotopic (exact) mass is 410 g/mol. The topological polar surface area (TPSA) is 71.1 Å². The molecule has 0 N–H and O–H groups in total. The fourth-order valence-electron chi connectivity index (χ4n) is 2.37. The molecule has 10 heteroatoms. The second-order valence-corrected chi connectivity index (χ2v) is 6.96. The molecule has 0 amide bonds. The molecule has 0 fully saturated rings. The van der Waals surface area contributed by atoms with E-state index in [-0.39, 0.29) is 27.5 Å². The maximum Gasteiger partial charge on any atom is 0.433 e. The van der Waals surface area contributed by atoms with Crippen molar-refractivity contribution < 1.29 is 13.2 Å². The summed E-state index contributed by atoms with van der Waals surface area (Å²) in [4.78, 5) is 20.0. The highest BCUT2D eigenvalue weighted by Gasteiger charge is 2.34. The zero-order chi connectivity index (χ0) is 19.8. The molecule has 5 nitrogen and oxygen atoms in total. The SMILES string of the molecule is Cc1cc(C(F)(F)F)nc(SCc2cc(=O)n3cc(Cl)ccc3n2)c1C#N. The molecule has 0 aliphatic carbocycles. The smallest absolute Gasteiger partial charge is 0.269 e. The van der Waals surface area contributed by atoms with Gasteiger partial charge < -0.3 is 0 Å². The average Bonchev–Trinajstić information content (AvgIpc) is 2.59. The van der Waals surface area contributed by atoms with Crippen LogP contribution in [0.3, 0.4) is 0 Å². The molecule has 0 radical (unpaired) electrons. The van der Waals surface area contributed by atoms with Gasteiger partial charge in [0.15, 0.2) is 0 Å². The first kappa shape index (κ1) is 19.2. The Morgan fingerprint density at radius 2 is 2.04 bits per heavy atom. The van der Waals surface area contributed by atoms with Crippen LogP contribution >= 0.6 is 23.4 Å². The maximum atomic E-state index is 13.0. The van der Waals surface area contributed by atoms with Gasteiger partial charge in [0.05, 0.1) is 16.3 Å². The van der Waals surface area contributed by atoms with Crippen LogP contribution in [0.15, 0.2) is 40.3 Å². The Hall–Kier alpha value is -2.57. The van der Waals surface area contributed by atoms with Crippen LogP contribution in [0.1, 0.15) is 22.5 Å². The number of rotatable bonds is 3. The van der Waals surface area contributed by atoms with Crippen molar-refractivity contribution >= 4 is 29.0 Å². The molecule has 3 aromatic rings. The summed E-state index contributed by atoms with van der Waals surface area (Å²) in [5.41, 5.74) is -0.473. The van der Waals surface area contributed by atoms with Crippen molar-refractivity contribution in [2.75, 3.05) is 0 Å². The van der Waals surface area contributed by atoms with Crippen LogP contribution < -0.4 is 5.56 Å². The zero-order valence-corrected chi connectivity index (χ0v) is 15.3. The standard InChI is InChI=1S/C17H10ClF3N4OS/c1-9-4-13(17(19,20)21)24-16(12(9)6-22)27-8-11-5-15(26)25-7-10(18)2-3-14(25)23-11/h2-5,7H,8H2,1H3. The molecule has 0 unspecified atom stereocenters. The van der Waals surface area contributed by atoms with Crippen LogP contribution in [0.5, 0.6) is 0 Å². The van der Waals surface area contributed by atoms with Gasteiger partial charge in [0.2, 0.25) is 0 Å². The fourth-order valence-corrected chi connectivity index (χ4v) is 3.48. The van der Waals surface area contributed by atoms with Crippen LogP contribution in [0, 0.1) is 18.3 Å². The number of pyridine rings is 2. The van der Waals surface area contributed by atoms with Crippen LogP contribution in [0.4, 0.5) is 13.2 Å². The molecule has 3 aromatic heterocycles. The summed E-state index contributed by atoms with van der Waals surface area (Å²) in [6, 6.07) is 7.12. The molecule has 0 aromatic carbocycles. The second-order valence-electron chi connectivity index (χ2n) is 5.56. The minimum Gasteiger partial charge on any atom is -0.269 e. The predicted octanol–water partition coefficient (Wildman–Crippen LogP) is 4.23. The molecular formula is C17H10ClF3N4OS. The summed E-state index contributed by atoms with van der Waals surface area (Å²) in [7, 11) is 0. The van der Waals surface area contributed by atoms with E-state index in [2.05, 4.69) is 9.97 Å². The third-order valence-corrected chi connectivity index (χ3v) is 4.85. The quantitative estimate of drug-likeness (QED) is 0.604. The van der Waals surface area contributed by atoms with E-state index in [1.54, 1.807) is 12.1 Å². The maximum absolute atomic E-state index is 13.0. The first-order chi connectivity index (χ1) is 12.7. The van der Waals surface area contributed by atoms with E-state index in [1.807, 2.05) is 6.07 Å². The molecule has 3 rings (SSSR count). The fraction of sp³-hybridized carbons (Fsp3) is 0.176. The lowest BCUT2D eigenvalue weighted by Crippen LogP contribution is -2.15. The Bertz CT molecular complexity index is 1140. The van der Waals surface area contributed by atoms with Gasteiger partial charge in [0.1, 0.15) is 22.4 Å². The van der Waals surface area contributed by atoms with Gasteiger partial charge in [-0.15, -0.1) is 0 Å². The lowest BCUT2D eigenvalue weighted by atomic mass is 10.1. The number of fused-ring (bicyclic) bond motifs is 1. The number of alkyl halides is 3. The molecule has 3 heterocycles. The van der Waals surface area contributed by atoms with Gasteiger partial charge in [-0.2, -0.15) is 18.4 Å². The van der Waals surface area contributed by atoms with Crippen molar-refractivity contribution in [2.45, 2.75) is 23.9 Å². The lowest BCUT2D eigenvalue weighted by molar-refractivity contribution is -0.141. The highest BCUT2D eigenvalue weighted by molar-refractivity contribution is 7.98. The summed E-state index contributed by atoms with van der Waals surface area (Å²) in [6.07, 6.45) is -3.19. The summed E-state index contributed by atoms with van der Waals surface area (Å²) < 4.78 is 40.2. The highest BCUT2D eigenvalue weighted by atomic mass is 35.5. The molecule has 0 aliphatic heterocycles. The third kappa shape index (κ3) is 4.07. The molecular weight excluding hydrogens is 401 g/mol.